The van der Waals surface area contributed by atoms with Crippen LogP contribution in [-0.2, 0) is 6.61 Å². The highest BCUT2D eigenvalue weighted by molar-refractivity contribution is 5.38. The highest BCUT2D eigenvalue weighted by Gasteiger charge is 1.99. The number of pyridine rings is 1. The first kappa shape index (κ1) is 13.9. The van der Waals surface area contributed by atoms with Crippen LogP contribution in [0.15, 0.2) is 42.6 Å². The second-order valence-electron chi connectivity index (χ2n) is 4.40. The predicted octanol–water partition coefficient (Wildman–Crippen LogP) is 3.35. The molecule has 1 N–H and O–H groups in total. The fourth-order valence-corrected chi connectivity index (χ4v) is 1.71. The van der Waals surface area contributed by atoms with Crippen molar-refractivity contribution in [1.82, 2.24) is 4.98 Å². The van der Waals surface area contributed by atoms with Crippen molar-refractivity contribution in [3.05, 3.63) is 53.7 Å². The number of nitrogens with zero attached hydrogens (tertiary/aromatic N) is 2. The highest BCUT2D eigenvalue weighted by atomic mass is 16.5. The Labute approximate surface area is 119 Å². The molecule has 0 saturated heterocycles. The van der Waals surface area contributed by atoms with Gasteiger partial charge in [-0.1, -0.05) is 6.92 Å². The molecule has 0 aliphatic rings. The van der Waals surface area contributed by atoms with Crippen molar-refractivity contribution in [2.24, 2.45) is 0 Å². The van der Waals surface area contributed by atoms with Gasteiger partial charge in [0.1, 0.15) is 18.2 Å². The summed E-state index contributed by atoms with van der Waals surface area (Å²) in [5.41, 5.74) is 1.69. The number of aromatic nitrogens is 1. The summed E-state index contributed by atoms with van der Waals surface area (Å²) in [4.78, 5) is 4.25. The zero-order chi connectivity index (χ0) is 14.2. The smallest absolute Gasteiger partial charge is 0.126 e. The Morgan fingerprint density at radius 1 is 1.25 bits per heavy atom. The molecular formula is C16H17N3O. The molecule has 4 heteroatoms. The van der Waals surface area contributed by atoms with E-state index in [-0.39, 0.29) is 0 Å². The summed E-state index contributed by atoms with van der Waals surface area (Å²) in [6.45, 7) is 3.51. The number of ether oxygens (including phenoxy) is 1. The van der Waals surface area contributed by atoms with Crippen molar-refractivity contribution < 1.29 is 4.74 Å². The van der Waals surface area contributed by atoms with Gasteiger partial charge in [-0.2, -0.15) is 5.26 Å². The van der Waals surface area contributed by atoms with E-state index < -0.39 is 0 Å². The van der Waals surface area contributed by atoms with Crippen LogP contribution < -0.4 is 10.1 Å². The number of nitrogens with one attached hydrogen (secondary N) is 1. The lowest BCUT2D eigenvalue weighted by molar-refractivity contribution is 0.306. The summed E-state index contributed by atoms with van der Waals surface area (Å²) in [5, 5.41) is 12.0. The average Bonchev–Trinajstić information content (AvgIpc) is 2.52. The van der Waals surface area contributed by atoms with Gasteiger partial charge in [0.05, 0.1) is 11.6 Å². The minimum absolute atomic E-state index is 0.481. The summed E-state index contributed by atoms with van der Waals surface area (Å²) in [7, 11) is 0. The number of hydrogen-bond acceptors (Lipinski definition) is 4. The molecule has 1 heterocycles. The average molecular weight is 267 g/mol. The summed E-state index contributed by atoms with van der Waals surface area (Å²) in [5.74, 6) is 1.62. The molecule has 1 aromatic heterocycles. The van der Waals surface area contributed by atoms with Crippen molar-refractivity contribution in [2.45, 2.75) is 20.0 Å². The van der Waals surface area contributed by atoms with Crippen LogP contribution in [0.2, 0.25) is 0 Å². The van der Waals surface area contributed by atoms with E-state index in [4.69, 9.17) is 10.00 Å². The number of rotatable bonds is 6. The second kappa shape index (κ2) is 7.15. The van der Waals surface area contributed by atoms with Crippen molar-refractivity contribution in [3.63, 3.8) is 0 Å². The van der Waals surface area contributed by atoms with E-state index in [2.05, 4.69) is 23.3 Å². The third-order valence-electron chi connectivity index (χ3n) is 2.77. The topological polar surface area (TPSA) is 57.9 Å². The normalized spacial score (nSPS) is 9.80. The molecule has 2 rings (SSSR count). The molecule has 0 aliphatic carbocycles. The fraction of sp³-hybridized carbons (Fsp3) is 0.250. The molecule has 0 aliphatic heterocycles. The molecule has 1 aromatic carbocycles. The largest absolute Gasteiger partial charge is 0.489 e. The van der Waals surface area contributed by atoms with Crippen molar-refractivity contribution in [2.75, 3.05) is 11.9 Å². The minimum atomic E-state index is 0.481. The van der Waals surface area contributed by atoms with Gasteiger partial charge in [0, 0.05) is 12.7 Å². The standard InChI is InChI=1S/C16H17N3O/c1-2-8-18-16-10-14(7-9-19-16)12-20-15-5-3-13(11-17)4-6-15/h3-7,9-10H,2,8,12H2,1H3,(H,18,19). The van der Waals surface area contributed by atoms with Crippen LogP contribution in [-0.4, -0.2) is 11.5 Å². The minimum Gasteiger partial charge on any atom is -0.489 e. The van der Waals surface area contributed by atoms with Gasteiger partial charge in [-0.3, -0.25) is 0 Å². The van der Waals surface area contributed by atoms with Crippen molar-refractivity contribution in [1.29, 1.82) is 5.26 Å². The molecule has 0 amide bonds. The van der Waals surface area contributed by atoms with E-state index in [0.717, 1.165) is 30.1 Å². The summed E-state index contributed by atoms with van der Waals surface area (Å²) < 4.78 is 5.69. The quantitative estimate of drug-likeness (QED) is 0.872. The molecule has 0 unspecified atom stereocenters. The van der Waals surface area contributed by atoms with E-state index in [1.54, 1.807) is 30.5 Å². The maximum atomic E-state index is 8.73. The SMILES string of the molecule is CCCNc1cc(COc2ccc(C#N)cc2)ccn1. The monoisotopic (exact) mass is 267 g/mol. The predicted molar refractivity (Wildman–Crippen MR) is 78.5 cm³/mol. The van der Waals surface area contributed by atoms with E-state index in [9.17, 15) is 0 Å². The Balaban J connectivity index is 1.94. The highest BCUT2D eigenvalue weighted by Crippen LogP contribution is 2.14. The Morgan fingerprint density at radius 2 is 2.05 bits per heavy atom. The molecule has 2 aromatic rings. The van der Waals surface area contributed by atoms with Crippen LogP contribution in [0.25, 0.3) is 0 Å². The summed E-state index contributed by atoms with van der Waals surface area (Å²) in [6, 6.07) is 13.1. The molecule has 0 radical (unpaired) electrons. The Hall–Kier alpha value is -2.54. The number of nitriles is 1. The lowest BCUT2D eigenvalue weighted by atomic mass is 10.2. The van der Waals surface area contributed by atoms with E-state index in [1.165, 1.54) is 0 Å². The fourth-order valence-electron chi connectivity index (χ4n) is 1.71. The summed E-state index contributed by atoms with van der Waals surface area (Å²) in [6.07, 6.45) is 2.84. The molecule has 0 bridgehead atoms. The van der Waals surface area contributed by atoms with Crippen molar-refractivity contribution >= 4 is 5.82 Å². The lowest BCUT2D eigenvalue weighted by Crippen LogP contribution is -2.03. The molecule has 4 nitrogen and oxygen atoms in total. The third-order valence-corrected chi connectivity index (χ3v) is 2.77. The first-order valence-electron chi connectivity index (χ1n) is 6.63. The van der Waals surface area contributed by atoms with Gasteiger partial charge in [-0.05, 0) is 48.4 Å². The molecular weight excluding hydrogens is 250 g/mol. The van der Waals surface area contributed by atoms with Crippen LogP contribution in [0.3, 0.4) is 0 Å². The van der Waals surface area contributed by atoms with Crippen LogP contribution in [0.1, 0.15) is 24.5 Å². The van der Waals surface area contributed by atoms with Crippen LogP contribution in [0.4, 0.5) is 5.82 Å². The summed E-state index contributed by atoms with van der Waals surface area (Å²) >= 11 is 0. The Kier molecular flexibility index (Phi) is 4.96. The van der Waals surface area contributed by atoms with Crippen LogP contribution >= 0.6 is 0 Å². The number of hydrogen-bond donors (Lipinski definition) is 1. The van der Waals surface area contributed by atoms with Gasteiger partial charge in [0.15, 0.2) is 0 Å². The van der Waals surface area contributed by atoms with Crippen molar-refractivity contribution in [3.8, 4) is 11.8 Å². The van der Waals surface area contributed by atoms with E-state index >= 15 is 0 Å². The Morgan fingerprint density at radius 3 is 2.75 bits per heavy atom. The maximum absolute atomic E-state index is 8.73. The lowest BCUT2D eigenvalue weighted by Gasteiger charge is -2.08. The van der Waals surface area contributed by atoms with E-state index in [0.29, 0.717) is 12.2 Å². The zero-order valence-electron chi connectivity index (χ0n) is 11.5. The van der Waals surface area contributed by atoms with Crippen LogP contribution in [0, 0.1) is 11.3 Å². The molecule has 102 valence electrons. The molecule has 0 spiro atoms. The molecule has 20 heavy (non-hydrogen) atoms. The first-order chi connectivity index (χ1) is 9.81. The molecule has 0 atom stereocenters. The molecule has 0 saturated carbocycles. The zero-order valence-corrected chi connectivity index (χ0v) is 11.5. The maximum Gasteiger partial charge on any atom is 0.126 e. The number of benzene rings is 1. The van der Waals surface area contributed by atoms with Gasteiger partial charge in [0.2, 0.25) is 0 Å². The molecule has 0 fully saturated rings. The van der Waals surface area contributed by atoms with Gasteiger partial charge < -0.3 is 10.1 Å². The Bertz CT molecular complexity index is 587. The van der Waals surface area contributed by atoms with E-state index in [1.807, 2.05) is 12.1 Å². The number of anilines is 1. The van der Waals surface area contributed by atoms with Crippen LogP contribution in [0.5, 0.6) is 5.75 Å². The van der Waals surface area contributed by atoms with Gasteiger partial charge in [0.25, 0.3) is 0 Å². The van der Waals surface area contributed by atoms with Gasteiger partial charge in [-0.25, -0.2) is 4.98 Å². The van der Waals surface area contributed by atoms with Gasteiger partial charge in [-0.15, -0.1) is 0 Å². The second-order valence-corrected chi connectivity index (χ2v) is 4.40. The van der Waals surface area contributed by atoms with Gasteiger partial charge >= 0.3 is 0 Å². The first-order valence-corrected chi connectivity index (χ1v) is 6.63. The third kappa shape index (κ3) is 3.99.